The van der Waals surface area contributed by atoms with Crippen molar-refractivity contribution in [3.63, 3.8) is 0 Å². The van der Waals surface area contributed by atoms with Gasteiger partial charge < -0.3 is 19.7 Å². The summed E-state index contributed by atoms with van der Waals surface area (Å²) in [7, 11) is 0. The lowest BCUT2D eigenvalue weighted by Crippen LogP contribution is -2.55. The molecule has 0 aromatic heterocycles. The molecule has 0 spiro atoms. The van der Waals surface area contributed by atoms with Crippen LogP contribution in [0.15, 0.2) is 11.1 Å². The average molecular weight is 381 g/mol. The normalized spacial score (nSPS) is 41.7. The molecule has 3 rings (SSSR count). The van der Waals surface area contributed by atoms with Gasteiger partial charge in [0, 0.05) is 18.9 Å². The third kappa shape index (κ3) is 3.64. The van der Waals surface area contributed by atoms with E-state index in [0.717, 1.165) is 24.8 Å². The number of aliphatic hydroxyl groups excluding tert-OH is 1. The van der Waals surface area contributed by atoms with E-state index in [1.54, 1.807) is 0 Å². The number of Topliss-reactive ketones (excluding diaryl/α,β-unsaturated/α-hetero) is 1. The first kappa shape index (κ1) is 21.0. The molecular weight excluding hydrogens is 344 g/mol. The van der Waals surface area contributed by atoms with Crippen molar-refractivity contribution in [2.24, 2.45) is 16.7 Å². The molecule has 1 saturated heterocycles. The Bertz CT molecular complexity index is 624. The Morgan fingerprint density at radius 3 is 2.63 bits per heavy atom. The fourth-order valence-electron chi connectivity index (χ4n) is 6.12. The van der Waals surface area contributed by atoms with Crippen molar-refractivity contribution >= 4 is 5.78 Å². The smallest absolute Gasteiger partial charge is 0.187 e. The van der Waals surface area contributed by atoms with E-state index in [1.165, 1.54) is 0 Å². The van der Waals surface area contributed by atoms with E-state index < -0.39 is 11.7 Å². The number of carbonyl (C=O) groups excluding carboxylic acids is 1. The summed E-state index contributed by atoms with van der Waals surface area (Å²) in [5.74, 6) is -0.208. The lowest BCUT2D eigenvalue weighted by molar-refractivity contribution is -0.140. The average Bonchev–Trinajstić information content (AvgIpc) is 2.93. The quantitative estimate of drug-likeness (QED) is 0.765. The summed E-state index contributed by atoms with van der Waals surface area (Å²) in [5.41, 5.74) is 0.629. The van der Waals surface area contributed by atoms with Crippen LogP contribution >= 0.6 is 0 Å². The van der Waals surface area contributed by atoms with E-state index in [2.05, 4.69) is 20.8 Å². The Balaban J connectivity index is 1.84. The second-order valence-electron chi connectivity index (χ2n) is 9.77. The summed E-state index contributed by atoms with van der Waals surface area (Å²) in [6, 6.07) is 0. The molecule has 5 nitrogen and oxygen atoms in total. The summed E-state index contributed by atoms with van der Waals surface area (Å²) in [6.07, 6.45) is 3.51. The predicted molar refractivity (Wildman–Crippen MR) is 103 cm³/mol. The minimum absolute atomic E-state index is 0.0735. The van der Waals surface area contributed by atoms with Crippen molar-refractivity contribution in [2.45, 2.75) is 91.1 Å². The van der Waals surface area contributed by atoms with Crippen molar-refractivity contribution < 1.29 is 24.5 Å². The predicted octanol–water partition coefficient (Wildman–Crippen LogP) is 3.37. The molecule has 1 aliphatic heterocycles. The first-order valence-corrected chi connectivity index (χ1v) is 10.4. The van der Waals surface area contributed by atoms with Crippen LogP contribution in [-0.2, 0) is 14.3 Å². The van der Waals surface area contributed by atoms with Crippen molar-refractivity contribution in [2.75, 3.05) is 13.2 Å². The van der Waals surface area contributed by atoms with E-state index in [4.69, 9.17) is 9.47 Å². The van der Waals surface area contributed by atoms with E-state index in [-0.39, 0.29) is 35.4 Å². The molecule has 0 aromatic carbocycles. The number of hydrogen-bond donors (Lipinski definition) is 2. The summed E-state index contributed by atoms with van der Waals surface area (Å²) < 4.78 is 11.1. The Hall–Kier alpha value is -0.750. The molecule has 2 N–H and O–H groups in total. The Labute approximate surface area is 163 Å². The molecular formula is C22H36O5. The van der Waals surface area contributed by atoms with Crippen molar-refractivity contribution in [1.82, 2.24) is 0 Å². The SMILES string of the molecule is CCOC1CC(O)(CCC2=C(C)C(=O)C(O)[C@H]3C(C)(C)CCC[C@]23C)CO1. The van der Waals surface area contributed by atoms with Crippen LogP contribution in [0.4, 0.5) is 0 Å². The Morgan fingerprint density at radius 2 is 1.96 bits per heavy atom. The highest BCUT2D eigenvalue weighted by Gasteiger charge is 2.56. The molecule has 3 unspecified atom stereocenters. The number of fused-ring (bicyclic) bond motifs is 1. The highest BCUT2D eigenvalue weighted by atomic mass is 16.7. The van der Waals surface area contributed by atoms with Gasteiger partial charge in [-0.3, -0.25) is 4.79 Å². The first-order chi connectivity index (χ1) is 12.5. The van der Waals surface area contributed by atoms with Crippen LogP contribution in [-0.4, -0.2) is 47.2 Å². The molecule has 27 heavy (non-hydrogen) atoms. The van der Waals surface area contributed by atoms with Gasteiger partial charge in [-0.25, -0.2) is 0 Å². The van der Waals surface area contributed by atoms with E-state index in [9.17, 15) is 15.0 Å². The number of ether oxygens (including phenoxy) is 2. The molecule has 1 saturated carbocycles. The van der Waals surface area contributed by atoms with Gasteiger partial charge in [0.2, 0.25) is 0 Å². The van der Waals surface area contributed by atoms with Crippen LogP contribution < -0.4 is 0 Å². The standard InChI is InChI=1S/C22H36O5/c1-6-26-16-12-22(25,13-27-16)11-8-15-14(2)17(23)18(24)19-20(3,4)9-7-10-21(15,19)5/h16,18-19,24-25H,6-13H2,1-5H3/t16?,18?,19-,21+,22?/m0/s1. The summed E-state index contributed by atoms with van der Waals surface area (Å²) in [4.78, 5) is 12.8. The van der Waals surface area contributed by atoms with Crippen molar-refractivity contribution in [3.8, 4) is 0 Å². The summed E-state index contributed by atoms with van der Waals surface area (Å²) in [6.45, 7) is 11.2. The van der Waals surface area contributed by atoms with Gasteiger partial charge in [0.1, 0.15) is 6.10 Å². The van der Waals surface area contributed by atoms with Crippen LogP contribution in [0.3, 0.4) is 0 Å². The number of hydrogen-bond acceptors (Lipinski definition) is 5. The molecule has 5 heteroatoms. The van der Waals surface area contributed by atoms with Gasteiger partial charge in [-0.05, 0) is 55.9 Å². The maximum atomic E-state index is 12.8. The van der Waals surface area contributed by atoms with E-state index >= 15 is 0 Å². The molecule has 2 aliphatic carbocycles. The molecule has 5 atom stereocenters. The number of ketones is 1. The van der Waals surface area contributed by atoms with Crippen LogP contribution in [0.2, 0.25) is 0 Å². The van der Waals surface area contributed by atoms with E-state index in [1.807, 2.05) is 13.8 Å². The lowest BCUT2D eigenvalue weighted by Gasteiger charge is -2.56. The fourth-order valence-corrected chi connectivity index (χ4v) is 6.12. The van der Waals surface area contributed by atoms with Gasteiger partial charge in [0.05, 0.1) is 12.2 Å². The highest BCUT2D eigenvalue weighted by molar-refractivity contribution is 6.00. The van der Waals surface area contributed by atoms with Crippen LogP contribution in [0.5, 0.6) is 0 Å². The zero-order chi connectivity index (χ0) is 20.0. The topological polar surface area (TPSA) is 76.0 Å². The molecule has 0 amide bonds. The maximum Gasteiger partial charge on any atom is 0.187 e. The van der Waals surface area contributed by atoms with Gasteiger partial charge in [0.15, 0.2) is 12.1 Å². The largest absolute Gasteiger partial charge is 0.387 e. The van der Waals surface area contributed by atoms with Gasteiger partial charge >= 0.3 is 0 Å². The van der Waals surface area contributed by atoms with Gasteiger partial charge in [-0.15, -0.1) is 0 Å². The Morgan fingerprint density at radius 1 is 1.26 bits per heavy atom. The van der Waals surface area contributed by atoms with E-state index in [0.29, 0.717) is 31.4 Å². The van der Waals surface area contributed by atoms with Crippen molar-refractivity contribution in [1.29, 1.82) is 0 Å². The molecule has 0 radical (unpaired) electrons. The number of allylic oxidation sites excluding steroid dienone is 1. The summed E-state index contributed by atoms with van der Waals surface area (Å²) in [5, 5.41) is 21.8. The number of rotatable bonds is 5. The molecule has 154 valence electrons. The highest BCUT2D eigenvalue weighted by Crippen LogP contribution is 2.59. The molecule has 0 bridgehead atoms. The number of aliphatic hydroxyl groups is 2. The van der Waals surface area contributed by atoms with Crippen LogP contribution in [0.25, 0.3) is 0 Å². The second kappa shape index (κ2) is 7.25. The van der Waals surface area contributed by atoms with Gasteiger partial charge in [-0.1, -0.05) is 32.8 Å². The van der Waals surface area contributed by atoms with Crippen LogP contribution in [0.1, 0.15) is 73.1 Å². The molecule has 3 aliphatic rings. The lowest BCUT2D eigenvalue weighted by atomic mass is 9.48. The number of carbonyl (C=O) groups is 1. The molecule has 0 aromatic rings. The van der Waals surface area contributed by atoms with Crippen LogP contribution in [0, 0.1) is 16.7 Å². The van der Waals surface area contributed by atoms with Gasteiger partial charge in [0.25, 0.3) is 0 Å². The third-order valence-electron chi connectivity index (χ3n) is 7.42. The van der Waals surface area contributed by atoms with Crippen molar-refractivity contribution in [3.05, 3.63) is 11.1 Å². The van der Waals surface area contributed by atoms with Gasteiger partial charge in [-0.2, -0.15) is 0 Å². The minimum atomic E-state index is -0.922. The summed E-state index contributed by atoms with van der Waals surface area (Å²) >= 11 is 0. The second-order valence-corrected chi connectivity index (χ2v) is 9.77. The first-order valence-electron chi connectivity index (χ1n) is 10.4. The molecule has 2 fully saturated rings. The third-order valence-corrected chi connectivity index (χ3v) is 7.42. The minimum Gasteiger partial charge on any atom is -0.387 e. The molecule has 1 heterocycles. The zero-order valence-electron chi connectivity index (χ0n) is 17.5. The zero-order valence-corrected chi connectivity index (χ0v) is 17.5. The fraction of sp³-hybridized carbons (Fsp3) is 0.864. The monoisotopic (exact) mass is 380 g/mol. The Kier molecular flexibility index (Phi) is 5.63. The maximum absolute atomic E-state index is 12.8.